The summed E-state index contributed by atoms with van der Waals surface area (Å²) in [6.45, 7) is 3.44. The van der Waals surface area contributed by atoms with Crippen LogP contribution in [0, 0.1) is 12.8 Å². The lowest BCUT2D eigenvalue weighted by Crippen LogP contribution is -2.30. The van der Waals surface area contributed by atoms with Crippen molar-refractivity contribution in [2.75, 3.05) is 14.8 Å². The van der Waals surface area contributed by atoms with Crippen LogP contribution in [0.2, 0.25) is 0 Å². The van der Waals surface area contributed by atoms with Crippen LogP contribution in [-0.2, 0) is 24.8 Å². The molecule has 26 heavy (non-hydrogen) atoms. The number of carbonyl (C=O) groups excluding carboxylic acids is 1. The van der Waals surface area contributed by atoms with Gasteiger partial charge >= 0.3 is 0 Å². The molecule has 0 spiro atoms. The van der Waals surface area contributed by atoms with E-state index in [1.165, 1.54) is 24.3 Å². The maximum atomic E-state index is 12.5. The molecule has 1 amide bonds. The number of benzene rings is 2. The predicted molar refractivity (Wildman–Crippen MR) is 98.9 cm³/mol. The summed E-state index contributed by atoms with van der Waals surface area (Å²) in [6.07, 6.45) is 0. The molecular weight excluding hydrogens is 376 g/mol. The largest absolute Gasteiger partial charge is 0.280 e. The zero-order valence-electron chi connectivity index (χ0n) is 14.2. The SMILES string of the molecule is Cc1ccc(NS(=O)(=O)c2ccc(N3C(=O)[C@@H](C)CS3(=O)=O)cc2)cc1. The molecule has 7 nitrogen and oxygen atoms in total. The maximum Gasteiger partial charge on any atom is 0.261 e. The number of aryl methyl sites for hydroxylation is 1. The van der Waals surface area contributed by atoms with Crippen molar-refractivity contribution in [1.29, 1.82) is 0 Å². The Morgan fingerprint density at radius 1 is 1.04 bits per heavy atom. The van der Waals surface area contributed by atoms with E-state index in [2.05, 4.69) is 4.72 Å². The van der Waals surface area contributed by atoms with Gasteiger partial charge in [-0.05, 0) is 43.3 Å². The summed E-state index contributed by atoms with van der Waals surface area (Å²) in [7, 11) is -7.54. The number of sulfonamides is 2. The number of nitrogens with zero attached hydrogens (tertiary/aromatic N) is 1. The second kappa shape index (κ2) is 6.40. The molecule has 1 aliphatic heterocycles. The van der Waals surface area contributed by atoms with E-state index < -0.39 is 31.9 Å². The Hall–Kier alpha value is -2.39. The number of carbonyl (C=O) groups is 1. The molecule has 0 aromatic heterocycles. The van der Waals surface area contributed by atoms with Gasteiger partial charge in [-0.15, -0.1) is 0 Å². The van der Waals surface area contributed by atoms with E-state index in [9.17, 15) is 21.6 Å². The topological polar surface area (TPSA) is 101 Å². The molecule has 2 aromatic carbocycles. The summed E-state index contributed by atoms with van der Waals surface area (Å²) in [6, 6.07) is 12.1. The van der Waals surface area contributed by atoms with Crippen LogP contribution in [0.25, 0.3) is 0 Å². The van der Waals surface area contributed by atoms with Gasteiger partial charge in [-0.2, -0.15) is 0 Å². The summed E-state index contributed by atoms with van der Waals surface area (Å²) >= 11 is 0. The monoisotopic (exact) mass is 394 g/mol. The molecular formula is C17H18N2O5S2. The second-order valence-corrected chi connectivity index (χ2v) is 9.79. The van der Waals surface area contributed by atoms with Gasteiger partial charge in [-0.25, -0.2) is 21.1 Å². The van der Waals surface area contributed by atoms with Gasteiger partial charge in [0.15, 0.2) is 0 Å². The van der Waals surface area contributed by atoms with Gasteiger partial charge < -0.3 is 0 Å². The average molecular weight is 394 g/mol. The summed E-state index contributed by atoms with van der Waals surface area (Å²) in [5.74, 6) is -1.38. The summed E-state index contributed by atoms with van der Waals surface area (Å²) < 4.78 is 52.3. The van der Waals surface area contributed by atoms with Crippen molar-refractivity contribution in [3.8, 4) is 0 Å². The number of nitrogens with one attached hydrogen (secondary N) is 1. The van der Waals surface area contributed by atoms with Crippen molar-refractivity contribution in [2.45, 2.75) is 18.7 Å². The lowest BCUT2D eigenvalue weighted by Gasteiger charge is -2.16. The van der Waals surface area contributed by atoms with Gasteiger partial charge in [0.2, 0.25) is 15.9 Å². The van der Waals surface area contributed by atoms with Gasteiger partial charge in [-0.1, -0.05) is 24.6 Å². The van der Waals surface area contributed by atoms with Crippen molar-refractivity contribution < 1.29 is 21.6 Å². The fraction of sp³-hybridized carbons (Fsp3) is 0.235. The van der Waals surface area contributed by atoms with Crippen molar-refractivity contribution in [2.24, 2.45) is 5.92 Å². The minimum absolute atomic E-state index is 0.0288. The molecule has 2 aromatic rings. The van der Waals surface area contributed by atoms with Crippen molar-refractivity contribution >= 4 is 37.3 Å². The van der Waals surface area contributed by atoms with Crippen molar-refractivity contribution in [3.63, 3.8) is 0 Å². The molecule has 138 valence electrons. The Balaban J connectivity index is 1.87. The molecule has 0 bridgehead atoms. The van der Waals surface area contributed by atoms with E-state index in [1.807, 2.05) is 6.92 Å². The lowest BCUT2D eigenvalue weighted by molar-refractivity contribution is -0.119. The average Bonchev–Trinajstić information content (AvgIpc) is 2.77. The van der Waals surface area contributed by atoms with E-state index in [4.69, 9.17) is 0 Å². The van der Waals surface area contributed by atoms with Crippen LogP contribution in [0.4, 0.5) is 11.4 Å². The van der Waals surface area contributed by atoms with Crippen molar-refractivity contribution in [1.82, 2.24) is 0 Å². The third-order valence-corrected chi connectivity index (χ3v) is 7.31. The van der Waals surface area contributed by atoms with E-state index >= 15 is 0 Å². The van der Waals surface area contributed by atoms with E-state index in [-0.39, 0.29) is 16.3 Å². The Morgan fingerprint density at radius 3 is 2.12 bits per heavy atom. The van der Waals surface area contributed by atoms with Gasteiger partial charge in [0, 0.05) is 5.69 Å². The number of hydrogen-bond acceptors (Lipinski definition) is 5. The Labute approximate surface area is 152 Å². The third kappa shape index (κ3) is 3.45. The number of amides is 1. The summed E-state index contributed by atoms with van der Waals surface area (Å²) in [4.78, 5) is 12.1. The van der Waals surface area contributed by atoms with Crippen LogP contribution >= 0.6 is 0 Å². The molecule has 3 rings (SSSR count). The first-order chi connectivity index (χ1) is 12.1. The fourth-order valence-corrected chi connectivity index (χ4v) is 5.56. The third-order valence-electron chi connectivity index (χ3n) is 4.05. The zero-order chi connectivity index (χ0) is 19.1. The van der Waals surface area contributed by atoms with Gasteiger partial charge in [0.05, 0.1) is 22.3 Å². The van der Waals surface area contributed by atoms with Crippen LogP contribution in [0.15, 0.2) is 53.4 Å². The van der Waals surface area contributed by atoms with Gasteiger partial charge in [0.25, 0.3) is 10.0 Å². The highest BCUT2D eigenvalue weighted by Crippen LogP contribution is 2.29. The molecule has 1 heterocycles. The predicted octanol–water partition coefficient (Wildman–Crippen LogP) is 2.11. The first kappa shape index (κ1) is 18.4. The standard InChI is InChI=1S/C17H18N2O5S2/c1-12-3-5-14(6-4-12)18-26(23,24)16-9-7-15(8-10-16)19-17(20)13(2)11-25(19,21)22/h3-10,13,18H,11H2,1-2H3/t13-/m0/s1. The lowest BCUT2D eigenvalue weighted by atomic mass is 10.2. The highest BCUT2D eigenvalue weighted by molar-refractivity contribution is 7.94. The molecule has 0 saturated carbocycles. The van der Waals surface area contributed by atoms with Crippen LogP contribution in [-0.4, -0.2) is 28.5 Å². The summed E-state index contributed by atoms with van der Waals surface area (Å²) in [5, 5.41) is 0. The normalized spacial score (nSPS) is 19.5. The van der Waals surface area contributed by atoms with Gasteiger partial charge in [-0.3, -0.25) is 9.52 Å². The van der Waals surface area contributed by atoms with E-state index in [0.717, 1.165) is 9.87 Å². The minimum atomic E-state index is -3.82. The molecule has 1 aliphatic rings. The first-order valence-electron chi connectivity index (χ1n) is 7.86. The first-order valence-corrected chi connectivity index (χ1v) is 11.0. The zero-order valence-corrected chi connectivity index (χ0v) is 15.8. The molecule has 1 N–H and O–H groups in total. The number of anilines is 2. The van der Waals surface area contributed by atoms with Crippen molar-refractivity contribution in [3.05, 3.63) is 54.1 Å². The van der Waals surface area contributed by atoms with Crippen LogP contribution < -0.4 is 9.03 Å². The molecule has 0 unspecified atom stereocenters. The Kier molecular flexibility index (Phi) is 4.53. The van der Waals surface area contributed by atoms with Crippen LogP contribution in [0.3, 0.4) is 0 Å². The number of hydrogen-bond donors (Lipinski definition) is 1. The van der Waals surface area contributed by atoms with Crippen LogP contribution in [0.5, 0.6) is 0 Å². The molecule has 0 radical (unpaired) electrons. The summed E-state index contributed by atoms with van der Waals surface area (Å²) in [5.41, 5.74) is 1.56. The molecule has 9 heteroatoms. The highest BCUT2D eigenvalue weighted by atomic mass is 32.2. The molecule has 1 atom stereocenters. The fourth-order valence-electron chi connectivity index (χ4n) is 2.68. The second-order valence-electron chi connectivity index (χ2n) is 6.25. The minimum Gasteiger partial charge on any atom is -0.280 e. The Morgan fingerprint density at radius 2 is 1.62 bits per heavy atom. The number of rotatable bonds is 4. The smallest absolute Gasteiger partial charge is 0.261 e. The quantitative estimate of drug-likeness (QED) is 0.856. The Bertz CT molecular complexity index is 1040. The molecule has 1 saturated heterocycles. The van der Waals surface area contributed by atoms with Crippen LogP contribution in [0.1, 0.15) is 12.5 Å². The van der Waals surface area contributed by atoms with E-state index in [0.29, 0.717) is 5.69 Å². The van der Waals surface area contributed by atoms with E-state index in [1.54, 1.807) is 31.2 Å². The maximum absolute atomic E-state index is 12.5. The highest BCUT2D eigenvalue weighted by Gasteiger charge is 2.41. The van der Waals surface area contributed by atoms with Gasteiger partial charge in [0.1, 0.15) is 0 Å². The molecule has 1 fully saturated rings. The molecule has 0 aliphatic carbocycles.